The van der Waals surface area contributed by atoms with Crippen molar-refractivity contribution in [2.24, 2.45) is 4.99 Å². The number of nitrogens with zero attached hydrogens (tertiary/aromatic N) is 2. The zero-order valence-electron chi connectivity index (χ0n) is 11.8. The first-order valence-corrected chi connectivity index (χ1v) is 6.84. The van der Waals surface area contributed by atoms with Crippen LogP contribution < -0.4 is 10.5 Å². The van der Waals surface area contributed by atoms with E-state index >= 15 is 0 Å². The molecule has 0 saturated heterocycles. The number of ether oxygens (including phenoxy) is 1. The maximum absolute atomic E-state index is 9.35. The summed E-state index contributed by atoms with van der Waals surface area (Å²) >= 11 is 0. The van der Waals surface area contributed by atoms with Crippen LogP contribution in [0.25, 0.3) is 16.5 Å². The first-order chi connectivity index (χ1) is 10.1. The number of aromatic nitrogens is 1. The molecule has 3 rings (SSSR count). The highest BCUT2D eigenvalue weighted by Crippen LogP contribution is 2.29. The fourth-order valence-corrected chi connectivity index (χ4v) is 2.28. The van der Waals surface area contributed by atoms with Crippen LogP contribution in [0.3, 0.4) is 0 Å². The quantitative estimate of drug-likeness (QED) is 0.899. The number of aliphatic hydroxyl groups is 1. The van der Waals surface area contributed by atoms with E-state index in [1.54, 1.807) is 13.0 Å². The van der Waals surface area contributed by atoms with Gasteiger partial charge in [-0.05, 0) is 36.3 Å². The molecule has 0 saturated carbocycles. The molecule has 0 fully saturated rings. The molecule has 0 spiro atoms. The van der Waals surface area contributed by atoms with Crippen LogP contribution >= 0.6 is 0 Å². The normalized spacial score (nSPS) is 15.2. The van der Waals surface area contributed by atoms with Gasteiger partial charge in [-0.25, -0.2) is 4.98 Å². The molecule has 1 aromatic heterocycles. The minimum atomic E-state index is -0.533. The molecular formula is C16H17N3O2. The van der Waals surface area contributed by atoms with Gasteiger partial charge in [0.05, 0.1) is 18.2 Å². The summed E-state index contributed by atoms with van der Waals surface area (Å²) in [5.41, 5.74) is 8.86. The van der Waals surface area contributed by atoms with E-state index in [-0.39, 0.29) is 6.61 Å². The number of aliphatic hydroxyl groups excluding tert-OH is 1. The Balaban J connectivity index is 2.01. The van der Waals surface area contributed by atoms with Gasteiger partial charge in [0, 0.05) is 17.7 Å². The van der Waals surface area contributed by atoms with Crippen molar-refractivity contribution >= 4 is 28.5 Å². The van der Waals surface area contributed by atoms with Crippen LogP contribution in [0.5, 0.6) is 5.75 Å². The first-order valence-electron chi connectivity index (χ1n) is 6.84. The molecule has 0 unspecified atom stereocenters. The topological polar surface area (TPSA) is 80.7 Å². The summed E-state index contributed by atoms with van der Waals surface area (Å²) in [7, 11) is 0. The van der Waals surface area contributed by atoms with Crippen LogP contribution in [0.4, 0.5) is 5.82 Å². The third kappa shape index (κ3) is 2.87. The van der Waals surface area contributed by atoms with Gasteiger partial charge in [-0.3, -0.25) is 4.99 Å². The van der Waals surface area contributed by atoms with E-state index in [4.69, 9.17) is 10.5 Å². The lowest BCUT2D eigenvalue weighted by Gasteiger charge is -2.12. The summed E-state index contributed by atoms with van der Waals surface area (Å²) < 4.78 is 5.62. The molecule has 5 heteroatoms. The van der Waals surface area contributed by atoms with Gasteiger partial charge in [-0.1, -0.05) is 6.07 Å². The van der Waals surface area contributed by atoms with E-state index < -0.39 is 6.10 Å². The maximum atomic E-state index is 9.35. The Kier molecular flexibility index (Phi) is 3.58. The van der Waals surface area contributed by atoms with Crippen LogP contribution in [0.1, 0.15) is 12.5 Å². The third-order valence-corrected chi connectivity index (χ3v) is 3.29. The molecule has 1 aromatic carbocycles. The minimum absolute atomic E-state index is 0.222. The number of benzene rings is 1. The van der Waals surface area contributed by atoms with Crippen molar-refractivity contribution in [3.05, 3.63) is 35.9 Å². The molecule has 2 aromatic rings. The summed E-state index contributed by atoms with van der Waals surface area (Å²) in [6.07, 6.45) is 3.27. The summed E-state index contributed by atoms with van der Waals surface area (Å²) in [6, 6.07) is 7.66. The molecule has 1 atom stereocenters. The number of hydrogen-bond acceptors (Lipinski definition) is 5. The molecule has 2 heterocycles. The van der Waals surface area contributed by atoms with Gasteiger partial charge in [-0.15, -0.1) is 0 Å². The zero-order valence-corrected chi connectivity index (χ0v) is 11.8. The number of nitrogen functional groups attached to an aromatic ring is 1. The Labute approximate surface area is 122 Å². The fraction of sp³-hybridized carbons (Fsp3) is 0.250. The first kappa shape index (κ1) is 13.6. The Morgan fingerprint density at radius 1 is 1.38 bits per heavy atom. The number of allylic oxidation sites excluding steroid dienone is 1. The highest BCUT2D eigenvalue weighted by atomic mass is 16.5. The van der Waals surface area contributed by atoms with Gasteiger partial charge < -0.3 is 15.6 Å². The van der Waals surface area contributed by atoms with Gasteiger partial charge in [-0.2, -0.15) is 0 Å². The van der Waals surface area contributed by atoms with Crippen LogP contribution in [-0.2, 0) is 0 Å². The lowest BCUT2D eigenvalue weighted by atomic mass is 10.0. The van der Waals surface area contributed by atoms with Crippen LogP contribution in [0.15, 0.2) is 35.3 Å². The van der Waals surface area contributed by atoms with Crippen molar-refractivity contribution < 1.29 is 9.84 Å². The maximum Gasteiger partial charge on any atom is 0.132 e. The van der Waals surface area contributed by atoms with E-state index in [1.807, 2.05) is 30.5 Å². The van der Waals surface area contributed by atoms with E-state index in [2.05, 4.69) is 9.98 Å². The number of anilines is 1. The van der Waals surface area contributed by atoms with Gasteiger partial charge >= 0.3 is 0 Å². The molecule has 0 amide bonds. The molecular weight excluding hydrogens is 266 g/mol. The predicted molar refractivity (Wildman–Crippen MR) is 84.7 cm³/mol. The number of rotatable bonds is 4. The summed E-state index contributed by atoms with van der Waals surface area (Å²) in [5, 5.41) is 10.2. The minimum Gasteiger partial charge on any atom is -0.490 e. The Hall–Kier alpha value is -2.40. The van der Waals surface area contributed by atoms with Crippen LogP contribution in [-0.4, -0.2) is 35.6 Å². The average Bonchev–Trinajstić information content (AvgIpc) is 2.98. The number of nitrogens with two attached hydrogens (primary N) is 1. The van der Waals surface area contributed by atoms with Gasteiger partial charge in [0.25, 0.3) is 0 Å². The molecule has 21 heavy (non-hydrogen) atoms. The summed E-state index contributed by atoms with van der Waals surface area (Å²) in [5.74, 6) is 1.04. The SMILES string of the molecule is C[C@@H](O)COc1cc(N)nc2cc(C3=CC=NC3)ccc12. The second-order valence-corrected chi connectivity index (χ2v) is 5.12. The number of fused-ring (bicyclic) bond motifs is 1. The van der Waals surface area contributed by atoms with Gasteiger partial charge in [0.1, 0.15) is 18.2 Å². The predicted octanol–water partition coefficient (Wildman–Crippen LogP) is 2.04. The van der Waals surface area contributed by atoms with E-state index in [0.717, 1.165) is 22.0 Å². The zero-order chi connectivity index (χ0) is 14.8. The van der Waals surface area contributed by atoms with Crippen molar-refractivity contribution in [2.75, 3.05) is 18.9 Å². The van der Waals surface area contributed by atoms with Crippen molar-refractivity contribution in [1.29, 1.82) is 0 Å². The van der Waals surface area contributed by atoms with Crippen molar-refractivity contribution in [3.8, 4) is 5.75 Å². The standard InChI is InChI=1S/C16H17N3O2/c1-10(20)9-21-15-7-16(17)19-14-6-11(2-3-13(14)15)12-4-5-18-8-12/h2-7,10,20H,8-9H2,1H3,(H2,17,19)/t10-/m1/s1. The van der Waals surface area contributed by atoms with Crippen molar-refractivity contribution in [3.63, 3.8) is 0 Å². The molecule has 0 radical (unpaired) electrons. The van der Waals surface area contributed by atoms with Crippen LogP contribution in [0, 0.1) is 0 Å². The Morgan fingerprint density at radius 2 is 2.24 bits per heavy atom. The lowest BCUT2D eigenvalue weighted by molar-refractivity contribution is 0.123. The van der Waals surface area contributed by atoms with Crippen molar-refractivity contribution in [1.82, 2.24) is 4.98 Å². The number of hydrogen-bond donors (Lipinski definition) is 2. The monoisotopic (exact) mass is 283 g/mol. The average molecular weight is 283 g/mol. The third-order valence-electron chi connectivity index (χ3n) is 3.29. The van der Waals surface area contributed by atoms with E-state index in [9.17, 15) is 5.11 Å². The Morgan fingerprint density at radius 3 is 2.95 bits per heavy atom. The highest BCUT2D eigenvalue weighted by Gasteiger charge is 2.10. The fourth-order valence-electron chi connectivity index (χ4n) is 2.28. The lowest BCUT2D eigenvalue weighted by Crippen LogP contribution is -2.13. The Bertz CT molecular complexity index is 736. The second-order valence-electron chi connectivity index (χ2n) is 5.12. The summed E-state index contributed by atoms with van der Waals surface area (Å²) in [4.78, 5) is 8.55. The smallest absolute Gasteiger partial charge is 0.132 e. The molecule has 5 nitrogen and oxygen atoms in total. The van der Waals surface area contributed by atoms with Gasteiger partial charge in [0.2, 0.25) is 0 Å². The largest absolute Gasteiger partial charge is 0.490 e. The number of pyridine rings is 1. The molecule has 1 aliphatic heterocycles. The van der Waals surface area contributed by atoms with Gasteiger partial charge in [0.15, 0.2) is 0 Å². The molecule has 108 valence electrons. The molecule has 0 aliphatic carbocycles. The molecule has 1 aliphatic rings. The molecule has 3 N–H and O–H groups in total. The van der Waals surface area contributed by atoms with Crippen molar-refractivity contribution in [2.45, 2.75) is 13.0 Å². The number of aliphatic imine (C=N–C) groups is 1. The highest BCUT2D eigenvalue weighted by molar-refractivity contribution is 5.94. The van der Waals surface area contributed by atoms with E-state index in [1.165, 1.54) is 0 Å². The molecule has 0 bridgehead atoms. The van der Waals surface area contributed by atoms with Crippen LogP contribution in [0.2, 0.25) is 0 Å². The summed E-state index contributed by atoms with van der Waals surface area (Å²) in [6.45, 7) is 2.59. The second kappa shape index (κ2) is 5.54. The van der Waals surface area contributed by atoms with E-state index in [0.29, 0.717) is 18.1 Å².